The molecule has 154 valence electrons. The van der Waals surface area contributed by atoms with Gasteiger partial charge in [-0.2, -0.15) is 0 Å². The number of hydrogen-bond donors (Lipinski definition) is 2. The molecule has 1 aromatic carbocycles. The fourth-order valence-corrected chi connectivity index (χ4v) is 4.67. The molecule has 1 aromatic heterocycles. The highest BCUT2D eigenvalue weighted by molar-refractivity contribution is 6.04. The maximum absolute atomic E-state index is 12.8. The Labute approximate surface area is 172 Å². The van der Waals surface area contributed by atoms with E-state index in [1.165, 1.54) is 18.5 Å². The van der Waals surface area contributed by atoms with Crippen LogP contribution in [0.5, 0.6) is 0 Å². The molecule has 1 unspecified atom stereocenters. The van der Waals surface area contributed by atoms with Gasteiger partial charge in [0, 0.05) is 25.0 Å². The van der Waals surface area contributed by atoms with Gasteiger partial charge in [0.1, 0.15) is 0 Å². The monoisotopic (exact) mass is 394 g/mol. The van der Waals surface area contributed by atoms with E-state index in [0.29, 0.717) is 17.8 Å². The lowest BCUT2D eigenvalue weighted by Gasteiger charge is -2.24. The summed E-state index contributed by atoms with van der Waals surface area (Å²) in [5.74, 6) is -0.178. The van der Waals surface area contributed by atoms with Crippen LogP contribution in [0.25, 0.3) is 0 Å². The van der Waals surface area contributed by atoms with E-state index in [4.69, 9.17) is 0 Å². The number of nitrogens with one attached hydrogen (secondary N) is 2. The number of amides is 2. The molecule has 6 nitrogen and oxygen atoms in total. The van der Waals surface area contributed by atoms with Crippen molar-refractivity contribution in [2.45, 2.75) is 50.6 Å². The predicted molar refractivity (Wildman–Crippen MR) is 114 cm³/mol. The van der Waals surface area contributed by atoms with Crippen molar-refractivity contribution in [3.8, 4) is 0 Å². The Morgan fingerprint density at radius 2 is 1.83 bits per heavy atom. The molecular formula is C23H30N4O2. The average molecular weight is 395 g/mol. The van der Waals surface area contributed by atoms with Gasteiger partial charge < -0.3 is 15.2 Å². The number of aryl methyl sites for hydroxylation is 1. The van der Waals surface area contributed by atoms with Gasteiger partial charge in [0.15, 0.2) is 0 Å². The number of nitrogens with zero attached hydrogens (tertiary/aromatic N) is 2. The summed E-state index contributed by atoms with van der Waals surface area (Å²) >= 11 is 0. The van der Waals surface area contributed by atoms with Gasteiger partial charge in [-0.25, -0.2) is 0 Å². The van der Waals surface area contributed by atoms with Crippen molar-refractivity contribution in [3.05, 3.63) is 53.9 Å². The molecule has 1 aliphatic heterocycles. The molecule has 1 saturated carbocycles. The van der Waals surface area contributed by atoms with Crippen LogP contribution in [0.1, 0.15) is 60.6 Å². The van der Waals surface area contributed by atoms with Crippen LogP contribution in [-0.2, 0) is 11.8 Å². The van der Waals surface area contributed by atoms with Gasteiger partial charge in [0.05, 0.1) is 23.8 Å². The van der Waals surface area contributed by atoms with Gasteiger partial charge in [-0.1, -0.05) is 25.0 Å². The summed E-state index contributed by atoms with van der Waals surface area (Å²) in [4.78, 5) is 27.7. The highest BCUT2D eigenvalue weighted by Crippen LogP contribution is 2.31. The Bertz CT molecular complexity index is 869. The number of carbonyl (C=O) groups is 2. The Kier molecular flexibility index (Phi) is 6.00. The predicted octanol–water partition coefficient (Wildman–Crippen LogP) is 3.47. The number of anilines is 1. The standard InChI is InChI=1S/C23H30N4O2/c1-26-14-6-12-20(26)21-13-7-15-27(21)16-22(28)25-19-11-5-4-10-18(19)23(29)24-17-8-2-3-9-17/h4-6,10-12,14,17,21H,2-3,7-9,13,15-16H2,1H3,(H,24,29)(H,25,28). The Hall–Kier alpha value is -2.60. The SMILES string of the molecule is Cn1cccc1C1CCCN1CC(=O)Nc1ccccc1C(=O)NC1CCCC1. The van der Waals surface area contributed by atoms with Gasteiger partial charge in [0.2, 0.25) is 5.91 Å². The van der Waals surface area contributed by atoms with Gasteiger partial charge in [0.25, 0.3) is 5.91 Å². The Morgan fingerprint density at radius 1 is 1.03 bits per heavy atom. The van der Waals surface area contributed by atoms with Gasteiger partial charge in [-0.3, -0.25) is 14.5 Å². The molecule has 1 aliphatic carbocycles. The normalized spacial score (nSPS) is 20.1. The smallest absolute Gasteiger partial charge is 0.253 e. The van der Waals surface area contributed by atoms with Crippen LogP contribution in [-0.4, -0.2) is 40.4 Å². The van der Waals surface area contributed by atoms with Crippen LogP contribution in [0, 0.1) is 0 Å². The molecule has 1 saturated heterocycles. The zero-order valence-electron chi connectivity index (χ0n) is 17.1. The first kappa shape index (κ1) is 19.7. The van der Waals surface area contributed by atoms with E-state index in [1.807, 2.05) is 31.4 Å². The second kappa shape index (κ2) is 8.82. The van der Waals surface area contributed by atoms with Crippen molar-refractivity contribution >= 4 is 17.5 Å². The Balaban J connectivity index is 1.41. The Morgan fingerprint density at radius 3 is 2.59 bits per heavy atom. The van der Waals surface area contributed by atoms with Crippen LogP contribution in [0.3, 0.4) is 0 Å². The summed E-state index contributed by atoms with van der Waals surface area (Å²) in [5.41, 5.74) is 2.36. The first-order valence-corrected chi connectivity index (χ1v) is 10.7. The lowest BCUT2D eigenvalue weighted by atomic mass is 10.1. The minimum atomic E-state index is -0.101. The summed E-state index contributed by atoms with van der Waals surface area (Å²) in [5, 5.41) is 6.09. The maximum Gasteiger partial charge on any atom is 0.253 e. The average Bonchev–Trinajstić information content (AvgIpc) is 3.45. The van der Waals surface area contributed by atoms with Crippen molar-refractivity contribution < 1.29 is 9.59 Å². The molecule has 6 heteroatoms. The molecule has 2 amide bonds. The van der Waals surface area contributed by atoms with Crippen molar-refractivity contribution in [1.29, 1.82) is 0 Å². The molecule has 29 heavy (non-hydrogen) atoms. The summed E-state index contributed by atoms with van der Waals surface area (Å²) in [6, 6.07) is 12.0. The molecule has 0 spiro atoms. The summed E-state index contributed by atoms with van der Waals surface area (Å²) < 4.78 is 2.13. The zero-order chi connectivity index (χ0) is 20.2. The van der Waals surface area contributed by atoms with Crippen molar-refractivity contribution in [2.24, 2.45) is 7.05 Å². The highest BCUT2D eigenvalue weighted by atomic mass is 16.2. The van der Waals surface area contributed by atoms with E-state index in [9.17, 15) is 9.59 Å². The largest absolute Gasteiger partial charge is 0.353 e. The number of likely N-dealkylation sites (tertiary alicyclic amines) is 1. The second-order valence-corrected chi connectivity index (χ2v) is 8.22. The maximum atomic E-state index is 12.8. The van der Waals surface area contributed by atoms with E-state index in [-0.39, 0.29) is 23.9 Å². The molecule has 2 fully saturated rings. The summed E-state index contributed by atoms with van der Waals surface area (Å²) in [6.45, 7) is 1.24. The third kappa shape index (κ3) is 4.53. The van der Waals surface area contributed by atoms with Crippen LogP contribution < -0.4 is 10.6 Å². The van der Waals surface area contributed by atoms with E-state index in [2.05, 4.69) is 26.2 Å². The highest BCUT2D eigenvalue weighted by Gasteiger charge is 2.29. The molecule has 1 atom stereocenters. The zero-order valence-corrected chi connectivity index (χ0v) is 17.1. The van der Waals surface area contributed by atoms with Crippen LogP contribution >= 0.6 is 0 Å². The number of benzene rings is 1. The number of rotatable bonds is 6. The summed E-state index contributed by atoms with van der Waals surface area (Å²) in [7, 11) is 2.05. The quantitative estimate of drug-likeness (QED) is 0.788. The topological polar surface area (TPSA) is 66.4 Å². The van der Waals surface area contributed by atoms with E-state index in [0.717, 1.165) is 32.2 Å². The van der Waals surface area contributed by atoms with Crippen LogP contribution in [0.15, 0.2) is 42.6 Å². The fraction of sp³-hybridized carbons (Fsp3) is 0.478. The third-order valence-electron chi connectivity index (χ3n) is 6.17. The van der Waals surface area contributed by atoms with Crippen molar-refractivity contribution in [3.63, 3.8) is 0 Å². The molecule has 2 aromatic rings. The van der Waals surface area contributed by atoms with Crippen LogP contribution in [0.2, 0.25) is 0 Å². The van der Waals surface area contributed by atoms with E-state index >= 15 is 0 Å². The van der Waals surface area contributed by atoms with Crippen molar-refractivity contribution in [1.82, 2.24) is 14.8 Å². The fourth-order valence-electron chi connectivity index (χ4n) is 4.67. The lowest BCUT2D eigenvalue weighted by Crippen LogP contribution is -2.35. The van der Waals surface area contributed by atoms with Gasteiger partial charge >= 0.3 is 0 Å². The second-order valence-electron chi connectivity index (χ2n) is 8.22. The molecular weight excluding hydrogens is 364 g/mol. The third-order valence-corrected chi connectivity index (χ3v) is 6.17. The molecule has 0 bridgehead atoms. The first-order chi connectivity index (χ1) is 14.1. The minimum absolute atomic E-state index is 0.0766. The molecule has 2 heterocycles. The lowest BCUT2D eigenvalue weighted by molar-refractivity contribution is -0.117. The van der Waals surface area contributed by atoms with Gasteiger partial charge in [-0.05, 0) is 56.5 Å². The minimum Gasteiger partial charge on any atom is -0.353 e. The molecule has 4 rings (SSSR count). The molecule has 2 N–H and O–H groups in total. The van der Waals surface area contributed by atoms with Gasteiger partial charge in [-0.15, -0.1) is 0 Å². The first-order valence-electron chi connectivity index (χ1n) is 10.7. The number of para-hydroxylation sites is 1. The van der Waals surface area contributed by atoms with Crippen molar-refractivity contribution in [2.75, 3.05) is 18.4 Å². The number of carbonyl (C=O) groups excluding carboxylic acids is 2. The summed E-state index contributed by atoms with van der Waals surface area (Å²) in [6.07, 6.45) is 8.61. The number of aromatic nitrogens is 1. The van der Waals surface area contributed by atoms with Crippen LogP contribution in [0.4, 0.5) is 5.69 Å². The number of hydrogen-bond acceptors (Lipinski definition) is 3. The molecule has 2 aliphatic rings. The molecule has 0 radical (unpaired) electrons. The van der Waals surface area contributed by atoms with E-state index < -0.39 is 0 Å². The van der Waals surface area contributed by atoms with E-state index in [1.54, 1.807) is 12.1 Å².